The summed E-state index contributed by atoms with van der Waals surface area (Å²) in [6.45, 7) is 15.8. The van der Waals surface area contributed by atoms with Crippen LogP contribution in [0, 0.1) is 6.92 Å². The minimum atomic E-state index is -4.20. The zero-order valence-electron chi connectivity index (χ0n) is 73.7. The second-order valence-electron chi connectivity index (χ2n) is 32.7. The molecule has 692 valence electrons. The molecule has 0 aromatic carbocycles. The van der Waals surface area contributed by atoms with E-state index in [0.29, 0.717) is 30.0 Å². The maximum Gasteiger partial charge on any atom is 0.409 e. The molecule has 0 bridgehead atoms. The highest BCUT2D eigenvalue weighted by atomic mass is 31.2. The summed E-state index contributed by atoms with van der Waals surface area (Å²) in [5.41, 5.74) is 6.95. The van der Waals surface area contributed by atoms with Crippen molar-refractivity contribution < 1.29 is 107 Å². The zero-order chi connectivity index (χ0) is 88.3. The van der Waals surface area contributed by atoms with E-state index in [-0.39, 0.29) is 188 Å². The van der Waals surface area contributed by atoms with Gasteiger partial charge in [-0.25, -0.2) is 80.6 Å². The van der Waals surface area contributed by atoms with Crippen LogP contribution in [0.5, 0.6) is 0 Å². The summed E-state index contributed by atoms with van der Waals surface area (Å²) in [7, 11) is -4.03. The van der Waals surface area contributed by atoms with E-state index < -0.39 is 119 Å². The number of aliphatic hydroxyl groups is 1. The lowest BCUT2D eigenvalue weighted by molar-refractivity contribution is -0.123. The normalized spacial score (nSPS) is 29.2. The number of aromatic nitrogens is 6. The summed E-state index contributed by atoms with van der Waals surface area (Å²) in [5.74, 6) is -0.0410. The molecule has 3 N–H and O–H groups in total. The number of piperazine rings is 1. The van der Waals surface area contributed by atoms with Gasteiger partial charge in [0.05, 0.1) is 159 Å². The van der Waals surface area contributed by atoms with E-state index in [9.17, 15) is 14.2 Å². The van der Waals surface area contributed by atoms with Crippen molar-refractivity contribution in [2.45, 2.75) is 128 Å². The predicted octanol–water partition coefficient (Wildman–Crippen LogP) is 4.04. The third-order valence-electron chi connectivity index (χ3n) is 21.6. The average Bonchev–Trinajstić information content (AvgIpc) is 1.72. The maximum atomic E-state index is 16.0. The van der Waals surface area contributed by atoms with Crippen molar-refractivity contribution in [1.82, 2.24) is 94.9 Å². The smallest absolute Gasteiger partial charge is 0.409 e. The van der Waals surface area contributed by atoms with Crippen LogP contribution in [0.15, 0.2) is 29.7 Å². The number of carbonyl (C=O) groups excluding carboxylic acids is 1. The van der Waals surface area contributed by atoms with Crippen molar-refractivity contribution in [2.75, 3.05) is 274 Å². The van der Waals surface area contributed by atoms with Gasteiger partial charge in [0.15, 0.2) is 11.9 Å². The van der Waals surface area contributed by atoms with E-state index in [1.165, 1.54) is 51.4 Å². The molecule has 7 aliphatic rings. The Kier molecular flexibility index (Phi) is 36.3. The first-order valence-electron chi connectivity index (χ1n) is 41.0. The van der Waals surface area contributed by atoms with Crippen LogP contribution >= 0.6 is 46.0 Å². The molecule has 10 heterocycles. The largest absolute Gasteiger partial charge is 0.447 e. The van der Waals surface area contributed by atoms with Gasteiger partial charge in [0.25, 0.3) is 0 Å². The molecule has 1 amide bonds. The molecule has 7 aliphatic heterocycles. The van der Waals surface area contributed by atoms with E-state index >= 15 is 22.8 Å². The van der Waals surface area contributed by atoms with Crippen LogP contribution in [0.25, 0.3) is 11.2 Å². The highest BCUT2D eigenvalue weighted by Gasteiger charge is 2.51. The van der Waals surface area contributed by atoms with Crippen molar-refractivity contribution in [3.63, 3.8) is 0 Å². The number of aryl methyl sites for hydroxylation is 1. The lowest BCUT2D eigenvalue weighted by Gasteiger charge is -2.46. The molecule has 51 heteroatoms. The first-order valence-corrected chi connectivity index (χ1v) is 50.2. The van der Waals surface area contributed by atoms with Gasteiger partial charge in [-0.1, -0.05) is 0 Å². The van der Waals surface area contributed by atoms with E-state index in [0.717, 1.165) is 6.54 Å². The number of carbonyl (C=O) groups is 1. The number of nitrogens with two attached hydrogens (primary N) is 1. The van der Waals surface area contributed by atoms with E-state index in [1.807, 2.05) is 34.6 Å². The summed E-state index contributed by atoms with van der Waals surface area (Å²) < 4.78 is 210. The highest BCUT2D eigenvalue weighted by molar-refractivity contribution is 7.55. The zero-order valence-corrected chi connectivity index (χ0v) is 79.0. The molecule has 8 unspecified atom stereocenters. The number of imidazole rings is 1. The Balaban J connectivity index is 0.785. The molecule has 45 nitrogen and oxygen atoms in total. The van der Waals surface area contributed by atoms with Crippen LogP contribution in [0.4, 0.5) is 10.6 Å². The topological polar surface area (TPSA) is 428 Å². The maximum absolute atomic E-state index is 16.0. The Labute approximate surface area is 711 Å². The van der Waals surface area contributed by atoms with Crippen LogP contribution in [0.2, 0.25) is 0 Å². The monoisotopic (exact) mass is 1840 g/mol. The number of hydrogen-bond acceptors (Lipinski definition) is 30. The number of amides is 1. The molecule has 3 aromatic heterocycles. The molecule has 0 saturated carbocycles. The van der Waals surface area contributed by atoms with Gasteiger partial charge in [0.2, 0.25) is 0 Å². The number of morpholine rings is 6. The molecule has 7 fully saturated rings. The van der Waals surface area contributed by atoms with Crippen molar-refractivity contribution >= 4 is 69.1 Å². The van der Waals surface area contributed by atoms with Crippen LogP contribution < -0.4 is 11.4 Å². The molecule has 121 heavy (non-hydrogen) atoms. The Morgan fingerprint density at radius 3 is 1.21 bits per heavy atom. The molecule has 18 atom stereocenters. The fourth-order valence-electron chi connectivity index (χ4n) is 15.5. The standard InChI is InChI=1S/C70H133N21O24P6/c1-52(2)83-32-53(3)110-58(36-83)44-105-121(100,81(18)19)89-41-63(115-66(43-89)91-51-74-67-57(7)72-50-73-68(67)91)49-109-119(98,79(14)15)87-35-56(6)113-61(39-87)47-107-120(99,80(16)17)88-40-62(114-65(42-88)90-21-20-64(71)75-69(90)93)48-108-118(97,78(12)13)86-34-55(5)112-60(38-86)46-106-117(96,77(10)11)85-33-54(4)111-59(37-85)45-104-116(95,76(8)9)84-24-22-82(23-25-84)70(94)103-31-30-102-29-28-101-27-26-92/h20-21,50-56,58-63,65-66,92H,22-49H2,1-19H3,(H2,71,75,93)/t53-,54-,55-,56-,58-,59-,60-,61-,62-,63?,65+,66?,116?,117?,118?,119?,120?,121?/m0/s1. The number of nitrogen functional groups attached to an aromatic ring is 1. The third kappa shape index (κ3) is 24.8. The van der Waals surface area contributed by atoms with Crippen molar-refractivity contribution in [3.05, 3.63) is 41.1 Å². The lowest BCUT2D eigenvalue weighted by Crippen LogP contribution is -2.52. The number of rotatable bonds is 41. The van der Waals surface area contributed by atoms with Gasteiger partial charge >= 0.3 is 57.8 Å². The Bertz CT molecular complexity index is 4200. The quantitative estimate of drug-likeness (QED) is 0.0598. The van der Waals surface area contributed by atoms with E-state index in [1.54, 1.807) is 128 Å². The molecular weight excluding hydrogens is 1700 g/mol. The number of fused-ring (bicyclic) bond motifs is 1. The fourth-order valence-corrected chi connectivity index (χ4v) is 27.6. The number of hydrogen-bond donors (Lipinski definition) is 2. The Hall–Kier alpha value is -3.24. The number of ether oxygens (including phenoxy) is 9. The fraction of sp³-hybridized carbons (Fsp3) is 0.857. The number of anilines is 1. The van der Waals surface area contributed by atoms with Crippen molar-refractivity contribution in [1.29, 1.82) is 0 Å². The van der Waals surface area contributed by atoms with Crippen LogP contribution in [-0.4, -0.2) is 442 Å². The molecular formula is C70H133N21O24P6. The summed E-state index contributed by atoms with van der Waals surface area (Å²) >= 11 is 0. The van der Waals surface area contributed by atoms with Crippen LogP contribution in [-0.2, 0) is 97.2 Å². The SMILES string of the molecule is Cc1ncnc2c1ncn2C1CN(P(=O)(OC[C@@H]2CN(C(C)C)C[C@H](C)O2)N(C)C)CC(COP(=O)(N(C)C)N2C[C@@H](COP(=O)(N(C)C)N3C[C@@H](COP(=O)(N(C)C)N4C[C@@H](COP(=O)(N(C)C)N5C[C@@H](COP(=O)(N(C)C)N6CCN(C(=O)OCCOCCOCCO)CC6)O[C@@H](C)C5)O[C@@H](C)C4)O[C@@H](n4ccc(N)nc4=O)C3)O[C@@H](C)C2)O1. The molecule has 7 saturated heterocycles. The minimum absolute atomic E-state index is 0.0102. The predicted molar refractivity (Wildman–Crippen MR) is 449 cm³/mol. The van der Waals surface area contributed by atoms with Gasteiger partial charge < -0.3 is 85.5 Å². The Morgan fingerprint density at radius 1 is 0.471 bits per heavy atom. The Morgan fingerprint density at radius 2 is 0.826 bits per heavy atom. The first-order chi connectivity index (χ1) is 57.1. The summed E-state index contributed by atoms with van der Waals surface area (Å²) in [4.78, 5) is 48.0. The second kappa shape index (κ2) is 43.9. The average molecular weight is 1840 g/mol. The molecule has 0 aliphatic carbocycles. The van der Waals surface area contributed by atoms with Gasteiger partial charge in [-0.2, -0.15) is 4.98 Å². The van der Waals surface area contributed by atoms with E-state index in [4.69, 9.17) is 80.6 Å². The highest BCUT2D eigenvalue weighted by Crippen LogP contribution is 2.61. The van der Waals surface area contributed by atoms with Crippen LogP contribution in [0.3, 0.4) is 0 Å². The summed E-state index contributed by atoms with van der Waals surface area (Å²) in [6.07, 6.45) is -4.34. The second-order valence-corrected chi connectivity index (χ2v) is 48.4. The van der Waals surface area contributed by atoms with Gasteiger partial charge in [-0.05, 0) is 139 Å². The summed E-state index contributed by atoms with van der Waals surface area (Å²) in [6, 6.07) is 1.69. The van der Waals surface area contributed by atoms with E-state index in [2.05, 4.69) is 38.7 Å². The number of aliphatic hydroxyl groups excluding tert-OH is 1. The summed E-state index contributed by atoms with van der Waals surface area (Å²) in [5, 5.41) is 8.87. The number of nitrogens with zero attached hydrogens (tertiary/aromatic N) is 20. The van der Waals surface area contributed by atoms with Gasteiger partial charge in [0.1, 0.15) is 30.5 Å². The van der Waals surface area contributed by atoms with Crippen LogP contribution in [0.1, 0.15) is 59.7 Å². The minimum Gasteiger partial charge on any atom is -0.447 e. The van der Waals surface area contributed by atoms with Gasteiger partial charge in [0, 0.05) is 104 Å². The first kappa shape index (κ1) is 99.9. The van der Waals surface area contributed by atoms with Gasteiger partial charge in [-0.3, -0.25) is 41.4 Å². The molecule has 10 rings (SSSR count). The molecule has 0 radical (unpaired) electrons. The third-order valence-corrected chi connectivity index (χ3v) is 36.9. The lowest BCUT2D eigenvalue weighted by atomic mass is 10.2. The van der Waals surface area contributed by atoms with Crippen molar-refractivity contribution in [2.24, 2.45) is 0 Å². The molecule has 3 aromatic rings. The van der Waals surface area contributed by atoms with Gasteiger partial charge in [-0.15, -0.1) is 0 Å². The molecule has 0 spiro atoms. The van der Waals surface area contributed by atoms with Crippen molar-refractivity contribution in [3.8, 4) is 0 Å².